The van der Waals surface area contributed by atoms with E-state index in [2.05, 4.69) is 0 Å². The molecule has 2 rings (SSSR count). The van der Waals surface area contributed by atoms with Gasteiger partial charge in [-0.15, -0.1) is 0 Å². The number of nitrogens with zero attached hydrogens (tertiary/aromatic N) is 1. The van der Waals surface area contributed by atoms with Crippen molar-refractivity contribution in [3.05, 3.63) is 29.8 Å². The second-order valence-corrected chi connectivity index (χ2v) is 4.52. The molecule has 1 aliphatic carbocycles. The highest BCUT2D eigenvalue weighted by atomic mass is 16.5. The molecule has 0 spiro atoms. The van der Waals surface area contributed by atoms with Crippen LogP contribution in [-0.2, 0) is 9.53 Å². The first kappa shape index (κ1) is 13.4. The van der Waals surface area contributed by atoms with Gasteiger partial charge >= 0.3 is 5.97 Å². The highest BCUT2D eigenvalue weighted by Crippen LogP contribution is 2.28. The van der Waals surface area contributed by atoms with Crippen molar-refractivity contribution in [1.82, 2.24) is 4.90 Å². The minimum Gasteiger partial charge on any atom is -0.508 e. The summed E-state index contributed by atoms with van der Waals surface area (Å²) in [7, 11) is 0. The van der Waals surface area contributed by atoms with Crippen molar-refractivity contribution in [3.8, 4) is 5.75 Å². The zero-order valence-corrected chi connectivity index (χ0v) is 10.8. The number of benzene rings is 1. The first-order valence-electron chi connectivity index (χ1n) is 6.37. The van der Waals surface area contributed by atoms with Gasteiger partial charge in [-0.2, -0.15) is 0 Å². The van der Waals surface area contributed by atoms with Crippen LogP contribution < -0.4 is 0 Å². The van der Waals surface area contributed by atoms with E-state index in [0.717, 1.165) is 12.8 Å². The Morgan fingerprint density at radius 1 is 1.42 bits per heavy atom. The van der Waals surface area contributed by atoms with Crippen molar-refractivity contribution in [1.29, 1.82) is 0 Å². The van der Waals surface area contributed by atoms with Gasteiger partial charge in [-0.05, 0) is 38.0 Å². The molecule has 1 amide bonds. The third-order valence-corrected chi connectivity index (χ3v) is 2.95. The Labute approximate surface area is 111 Å². The number of phenolic OH excluding ortho intramolecular Hbond substituents is 1. The lowest BCUT2D eigenvalue weighted by molar-refractivity contribution is -0.144. The molecule has 0 saturated heterocycles. The van der Waals surface area contributed by atoms with Gasteiger partial charge in [0.1, 0.15) is 12.3 Å². The Morgan fingerprint density at radius 3 is 2.74 bits per heavy atom. The summed E-state index contributed by atoms with van der Waals surface area (Å²) in [5, 5.41) is 9.40. The molecule has 0 atom stereocenters. The van der Waals surface area contributed by atoms with Crippen molar-refractivity contribution in [2.75, 3.05) is 13.2 Å². The molecule has 0 unspecified atom stereocenters. The maximum absolute atomic E-state index is 12.3. The number of carbonyl (C=O) groups is 2. The van der Waals surface area contributed by atoms with Crippen molar-refractivity contribution in [2.45, 2.75) is 25.8 Å². The Kier molecular flexibility index (Phi) is 4.04. The average Bonchev–Trinajstić information content (AvgIpc) is 3.20. The van der Waals surface area contributed by atoms with Gasteiger partial charge in [0.05, 0.1) is 6.61 Å². The summed E-state index contributed by atoms with van der Waals surface area (Å²) in [5.74, 6) is -0.605. The Balaban J connectivity index is 2.10. The highest BCUT2D eigenvalue weighted by molar-refractivity contribution is 5.96. The van der Waals surface area contributed by atoms with Gasteiger partial charge in [0.25, 0.3) is 5.91 Å². The first-order valence-corrected chi connectivity index (χ1v) is 6.37. The second-order valence-electron chi connectivity index (χ2n) is 4.52. The van der Waals surface area contributed by atoms with Crippen LogP contribution in [-0.4, -0.2) is 41.1 Å². The van der Waals surface area contributed by atoms with E-state index in [4.69, 9.17) is 4.74 Å². The van der Waals surface area contributed by atoms with Crippen molar-refractivity contribution < 1.29 is 19.4 Å². The monoisotopic (exact) mass is 263 g/mol. The fourth-order valence-electron chi connectivity index (χ4n) is 1.90. The summed E-state index contributed by atoms with van der Waals surface area (Å²) >= 11 is 0. The molecule has 1 N–H and O–H groups in total. The number of hydrogen-bond donors (Lipinski definition) is 1. The van der Waals surface area contributed by atoms with Crippen molar-refractivity contribution >= 4 is 11.9 Å². The van der Waals surface area contributed by atoms with E-state index in [1.165, 1.54) is 17.0 Å². The van der Waals surface area contributed by atoms with Gasteiger partial charge in [-0.25, -0.2) is 0 Å². The number of hydrogen-bond acceptors (Lipinski definition) is 4. The molecule has 5 nitrogen and oxygen atoms in total. The summed E-state index contributed by atoms with van der Waals surface area (Å²) in [6.07, 6.45) is 1.81. The van der Waals surface area contributed by atoms with E-state index in [1.807, 2.05) is 0 Å². The topological polar surface area (TPSA) is 66.8 Å². The lowest BCUT2D eigenvalue weighted by atomic mass is 10.2. The molecule has 0 bridgehead atoms. The summed E-state index contributed by atoms with van der Waals surface area (Å²) in [5.41, 5.74) is 0.385. The second kappa shape index (κ2) is 5.73. The van der Waals surface area contributed by atoms with Crippen LogP contribution in [0.15, 0.2) is 24.3 Å². The van der Waals surface area contributed by atoms with Crippen LogP contribution in [0.2, 0.25) is 0 Å². The lowest BCUT2D eigenvalue weighted by Gasteiger charge is -2.21. The van der Waals surface area contributed by atoms with Crippen LogP contribution in [0.4, 0.5) is 0 Å². The molecular weight excluding hydrogens is 246 g/mol. The fourth-order valence-corrected chi connectivity index (χ4v) is 1.90. The molecule has 1 aliphatic rings. The zero-order chi connectivity index (χ0) is 13.8. The summed E-state index contributed by atoms with van der Waals surface area (Å²) in [4.78, 5) is 25.4. The summed E-state index contributed by atoms with van der Waals surface area (Å²) in [6, 6.07) is 6.26. The molecule has 1 fully saturated rings. The maximum atomic E-state index is 12.3. The van der Waals surface area contributed by atoms with Crippen LogP contribution >= 0.6 is 0 Å². The van der Waals surface area contributed by atoms with Crippen molar-refractivity contribution in [2.24, 2.45) is 0 Å². The normalized spacial score (nSPS) is 13.9. The quantitative estimate of drug-likeness (QED) is 0.819. The predicted octanol–water partition coefficient (Wildman–Crippen LogP) is 1.56. The molecule has 102 valence electrons. The standard InChI is InChI=1S/C14H17NO4/c1-2-19-13(17)9-15(11-6-7-11)14(18)10-4-3-5-12(16)8-10/h3-5,8,11,16H,2,6-7,9H2,1H3. The van der Waals surface area contributed by atoms with Gasteiger partial charge in [-0.1, -0.05) is 6.07 Å². The molecular formula is C14H17NO4. The van der Waals surface area contributed by atoms with Gasteiger partial charge < -0.3 is 14.7 Å². The van der Waals surface area contributed by atoms with Gasteiger partial charge in [0.2, 0.25) is 0 Å². The third kappa shape index (κ3) is 3.47. The van der Waals surface area contributed by atoms with E-state index in [-0.39, 0.29) is 24.2 Å². The van der Waals surface area contributed by atoms with Gasteiger partial charge in [-0.3, -0.25) is 9.59 Å². The van der Waals surface area contributed by atoms with E-state index in [0.29, 0.717) is 12.2 Å². The van der Waals surface area contributed by atoms with Gasteiger partial charge in [0, 0.05) is 11.6 Å². The molecule has 19 heavy (non-hydrogen) atoms. The van der Waals surface area contributed by atoms with E-state index in [9.17, 15) is 14.7 Å². The molecule has 1 aromatic carbocycles. The number of aromatic hydroxyl groups is 1. The molecule has 0 aliphatic heterocycles. The maximum Gasteiger partial charge on any atom is 0.325 e. The number of carbonyl (C=O) groups excluding carboxylic acids is 2. The predicted molar refractivity (Wildman–Crippen MR) is 68.8 cm³/mol. The zero-order valence-electron chi connectivity index (χ0n) is 10.8. The van der Waals surface area contributed by atoms with E-state index < -0.39 is 5.97 Å². The number of ether oxygens (including phenoxy) is 1. The molecule has 1 aromatic rings. The van der Waals surface area contributed by atoms with Crippen LogP contribution in [0, 0.1) is 0 Å². The highest BCUT2D eigenvalue weighted by Gasteiger charge is 2.34. The third-order valence-electron chi connectivity index (χ3n) is 2.95. The molecule has 0 aromatic heterocycles. The van der Waals surface area contributed by atoms with Crippen LogP contribution in [0.5, 0.6) is 5.75 Å². The molecule has 0 radical (unpaired) electrons. The smallest absolute Gasteiger partial charge is 0.325 e. The van der Waals surface area contributed by atoms with Crippen molar-refractivity contribution in [3.63, 3.8) is 0 Å². The Hall–Kier alpha value is -2.04. The van der Waals surface area contributed by atoms with Crippen LogP contribution in [0.3, 0.4) is 0 Å². The number of rotatable bonds is 5. The Morgan fingerprint density at radius 2 is 2.16 bits per heavy atom. The van der Waals surface area contributed by atoms with Gasteiger partial charge in [0.15, 0.2) is 0 Å². The fraction of sp³-hybridized carbons (Fsp3) is 0.429. The van der Waals surface area contributed by atoms with E-state index in [1.54, 1.807) is 19.1 Å². The lowest BCUT2D eigenvalue weighted by Crippen LogP contribution is -2.38. The summed E-state index contributed by atoms with van der Waals surface area (Å²) in [6.45, 7) is 2.00. The average molecular weight is 263 g/mol. The minimum absolute atomic E-state index is 0.0347. The number of esters is 1. The first-order chi connectivity index (χ1) is 9.11. The summed E-state index contributed by atoms with van der Waals surface area (Å²) < 4.78 is 4.88. The molecule has 1 saturated carbocycles. The minimum atomic E-state index is -0.400. The largest absolute Gasteiger partial charge is 0.508 e. The molecule has 0 heterocycles. The SMILES string of the molecule is CCOC(=O)CN(C(=O)c1cccc(O)c1)C1CC1. The van der Waals surface area contributed by atoms with Crippen LogP contribution in [0.25, 0.3) is 0 Å². The van der Waals surface area contributed by atoms with E-state index >= 15 is 0 Å². The molecule has 5 heteroatoms. The number of amides is 1. The number of phenols is 1. The van der Waals surface area contributed by atoms with Crippen LogP contribution in [0.1, 0.15) is 30.1 Å². The Bertz CT molecular complexity index is 482.